The molecule has 5 heteroatoms. The van der Waals surface area contributed by atoms with Crippen molar-refractivity contribution < 1.29 is 4.42 Å². The van der Waals surface area contributed by atoms with E-state index < -0.39 is 5.76 Å². The van der Waals surface area contributed by atoms with Gasteiger partial charge in [0.2, 0.25) is 0 Å². The summed E-state index contributed by atoms with van der Waals surface area (Å²) in [5.74, 6) is -0.458. The minimum absolute atomic E-state index is 0.458. The van der Waals surface area contributed by atoms with Crippen LogP contribution in [-0.4, -0.2) is 18.6 Å². The van der Waals surface area contributed by atoms with Gasteiger partial charge in [0.25, 0.3) is 0 Å². The molecule has 80 valence electrons. The Balaban J connectivity index is 2.66. The van der Waals surface area contributed by atoms with Gasteiger partial charge in [-0.3, -0.25) is 4.98 Å². The van der Waals surface area contributed by atoms with E-state index in [2.05, 4.69) is 4.98 Å². The molecule has 0 aliphatic heterocycles. The molecule has 0 bridgehead atoms. The fourth-order valence-corrected chi connectivity index (χ4v) is 1.50. The fourth-order valence-electron chi connectivity index (χ4n) is 1.50. The van der Waals surface area contributed by atoms with Gasteiger partial charge in [0.15, 0.2) is 5.58 Å². The molecule has 0 aliphatic carbocycles. The van der Waals surface area contributed by atoms with Crippen LogP contribution in [0.4, 0.5) is 11.4 Å². The van der Waals surface area contributed by atoms with Crippen LogP contribution < -0.4 is 16.4 Å². The van der Waals surface area contributed by atoms with Gasteiger partial charge in [0.1, 0.15) is 0 Å². The van der Waals surface area contributed by atoms with Gasteiger partial charge in [-0.15, -0.1) is 0 Å². The lowest BCUT2D eigenvalue weighted by Crippen LogP contribution is -2.17. The van der Waals surface area contributed by atoms with E-state index in [9.17, 15) is 4.79 Å². The molecule has 0 atom stereocenters. The molecule has 2 rings (SSSR count). The number of rotatable bonds is 2. The van der Waals surface area contributed by atoms with E-state index in [4.69, 9.17) is 10.2 Å². The molecule has 0 aliphatic rings. The summed E-state index contributed by atoms with van der Waals surface area (Å²) >= 11 is 0. The summed E-state index contributed by atoms with van der Waals surface area (Å²) in [7, 11) is 1.94. The van der Waals surface area contributed by atoms with Crippen molar-refractivity contribution in [2.75, 3.05) is 24.2 Å². The SMILES string of the molecule is CCN(C)c1cc2[nH]c(=O)oc2cc1N. The van der Waals surface area contributed by atoms with Crippen LogP contribution in [-0.2, 0) is 0 Å². The van der Waals surface area contributed by atoms with Crippen molar-refractivity contribution in [1.29, 1.82) is 0 Å². The number of hydrogen-bond donors (Lipinski definition) is 2. The number of anilines is 2. The Labute approximate surface area is 86.5 Å². The number of aromatic amines is 1. The second-order valence-corrected chi connectivity index (χ2v) is 3.44. The van der Waals surface area contributed by atoms with Gasteiger partial charge in [-0.1, -0.05) is 0 Å². The third kappa shape index (κ3) is 1.56. The van der Waals surface area contributed by atoms with E-state index in [0.29, 0.717) is 16.8 Å². The minimum Gasteiger partial charge on any atom is -0.408 e. The molecule has 0 unspecified atom stereocenters. The maximum absolute atomic E-state index is 11.0. The molecule has 0 fully saturated rings. The lowest BCUT2D eigenvalue weighted by atomic mass is 10.2. The molecular weight excluding hydrogens is 194 g/mol. The predicted molar refractivity (Wildman–Crippen MR) is 60.2 cm³/mol. The topological polar surface area (TPSA) is 75.3 Å². The van der Waals surface area contributed by atoms with Crippen molar-refractivity contribution in [3.05, 3.63) is 22.7 Å². The first-order valence-electron chi connectivity index (χ1n) is 4.75. The third-order valence-electron chi connectivity index (χ3n) is 2.45. The summed E-state index contributed by atoms with van der Waals surface area (Å²) in [6.45, 7) is 2.87. The summed E-state index contributed by atoms with van der Waals surface area (Å²) < 4.78 is 4.91. The highest BCUT2D eigenvalue weighted by Gasteiger charge is 2.08. The zero-order valence-electron chi connectivity index (χ0n) is 8.70. The Morgan fingerprint density at radius 3 is 2.93 bits per heavy atom. The van der Waals surface area contributed by atoms with E-state index in [0.717, 1.165) is 12.2 Å². The Morgan fingerprint density at radius 1 is 1.53 bits per heavy atom. The Morgan fingerprint density at radius 2 is 2.27 bits per heavy atom. The van der Waals surface area contributed by atoms with Gasteiger partial charge in [-0.25, -0.2) is 4.79 Å². The van der Waals surface area contributed by atoms with Gasteiger partial charge in [-0.2, -0.15) is 0 Å². The summed E-state index contributed by atoms with van der Waals surface area (Å²) in [6.07, 6.45) is 0. The summed E-state index contributed by atoms with van der Waals surface area (Å²) in [5, 5.41) is 0. The highest BCUT2D eigenvalue weighted by Crippen LogP contribution is 2.26. The average Bonchev–Trinajstić information content (AvgIpc) is 2.55. The van der Waals surface area contributed by atoms with Crippen LogP contribution in [0.25, 0.3) is 11.1 Å². The average molecular weight is 207 g/mol. The molecule has 5 nitrogen and oxygen atoms in total. The molecule has 0 radical (unpaired) electrons. The zero-order chi connectivity index (χ0) is 11.0. The number of nitrogen functional groups attached to an aromatic ring is 1. The van der Waals surface area contributed by atoms with Crippen molar-refractivity contribution in [1.82, 2.24) is 4.98 Å². The second kappa shape index (κ2) is 3.34. The van der Waals surface area contributed by atoms with Crippen molar-refractivity contribution in [2.24, 2.45) is 0 Å². The van der Waals surface area contributed by atoms with Crippen LogP contribution in [0.5, 0.6) is 0 Å². The second-order valence-electron chi connectivity index (χ2n) is 3.44. The maximum atomic E-state index is 11.0. The van der Waals surface area contributed by atoms with Gasteiger partial charge in [-0.05, 0) is 13.0 Å². The van der Waals surface area contributed by atoms with Crippen LogP contribution in [0.3, 0.4) is 0 Å². The van der Waals surface area contributed by atoms with Crippen LogP contribution in [0.15, 0.2) is 21.3 Å². The molecule has 3 N–H and O–H groups in total. The van der Waals surface area contributed by atoms with E-state index >= 15 is 0 Å². The first-order chi connectivity index (χ1) is 7.11. The molecule has 1 aromatic heterocycles. The monoisotopic (exact) mass is 207 g/mol. The summed E-state index contributed by atoms with van der Waals surface area (Å²) in [4.78, 5) is 15.6. The van der Waals surface area contributed by atoms with Gasteiger partial charge in [0, 0.05) is 19.7 Å². The third-order valence-corrected chi connectivity index (χ3v) is 2.45. The van der Waals surface area contributed by atoms with Crippen molar-refractivity contribution in [2.45, 2.75) is 6.92 Å². The number of nitrogens with two attached hydrogens (primary N) is 1. The number of oxazole rings is 1. The lowest BCUT2D eigenvalue weighted by molar-refractivity contribution is 0.555. The number of fused-ring (bicyclic) bond motifs is 1. The van der Waals surface area contributed by atoms with Crippen molar-refractivity contribution in [3.63, 3.8) is 0 Å². The van der Waals surface area contributed by atoms with Crippen molar-refractivity contribution >= 4 is 22.5 Å². The minimum atomic E-state index is -0.458. The zero-order valence-corrected chi connectivity index (χ0v) is 8.70. The molecule has 0 amide bonds. The molecule has 15 heavy (non-hydrogen) atoms. The van der Waals surface area contributed by atoms with Crippen LogP contribution in [0.1, 0.15) is 6.92 Å². The predicted octanol–water partition coefficient (Wildman–Crippen LogP) is 1.16. The van der Waals surface area contributed by atoms with E-state index in [1.807, 2.05) is 24.9 Å². The summed E-state index contributed by atoms with van der Waals surface area (Å²) in [6, 6.07) is 3.48. The first kappa shape index (κ1) is 9.64. The highest BCUT2D eigenvalue weighted by atomic mass is 16.4. The first-order valence-corrected chi connectivity index (χ1v) is 4.75. The van der Waals surface area contributed by atoms with E-state index in [-0.39, 0.29) is 0 Å². The van der Waals surface area contributed by atoms with Gasteiger partial charge >= 0.3 is 5.76 Å². The van der Waals surface area contributed by atoms with E-state index in [1.54, 1.807) is 6.07 Å². The lowest BCUT2D eigenvalue weighted by Gasteiger charge is -2.18. The quantitative estimate of drug-likeness (QED) is 0.724. The fraction of sp³-hybridized carbons (Fsp3) is 0.300. The normalized spacial score (nSPS) is 10.8. The highest BCUT2D eigenvalue weighted by molar-refractivity contribution is 5.85. The largest absolute Gasteiger partial charge is 0.417 e. The Bertz CT molecular complexity index is 541. The maximum Gasteiger partial charge on any atom is 0.417 e. The summed E-state index contributed by atoms with van der Waals surface area (Å²) in [5.41, 5.74) is 8.51. The Hall–Kier alpha value is -1.91. The Kier molecular flexibility index (Phi) is 2.15. The van der Waals surface area contributed by atoms with Gasteiger partial charge < -0.3 is 15.1 Å². The van der Waals surface area contributed by atoms with E-state index in [1.165, 1.54) is 0 Å². The number of nitrogens with one attached hydrogen (secondary N) is 1. The number of benzene rings is 1. The molecule has 2 aromatic rings. The molecule has 0 spiro atoms. The van der Waals surface area contributed by atoms with Crippen LogP contribution in [0.2, 0.25) is 0 Å². The number of aromatic nitrogens is 1. The molecule has 0 saturated heterocycles. The van der Waals surface area contributed by atoms with Crippen LogP contribution in [0, 0.1) is 0 Å². The standard InChI is InChI=1S/C10H13N3O2/c1-3-13(2)8-5-7-9(4-6(8)11)15-10(14)12-7/h4-5H,3,11H2,1-2H3,(H,12,14). The van der Waals surface area contributed by atoms with Gasteiger partial charge in [0.05, 0.1) is 16.9 Å². The smallest absolute Gasteiger partial charge is 0.408 e. The molecule has 0 saturated carbocycles. The molecular formula is C10H13N3O2. The van der Waals surface area contributed by atoms with Crippen molar-refractivity contribution in [3.8, 4) is 0 Å². The molecule has 1 aromatic carbocycles. The number of nitrogens with zero attached hydrogens (tertiary/aromatic N) is 1. The number of H-pyrrole nitrogens is 1. The molecule has 1 heterocycles. The number of hydrogen-bond acceptors (Lipinski definition) is 4. The van der Waals surface area contributed by atoms with Crippen LogP contribution >= 0.6 is 0 Å².